The van der Waals surface area contributed by atoms with Crippen molar-refractivity contribution in [1.82, 2.24) is 0 Å². The predicted octanol–water partition coefficient (Wildman–Crippen LogP) is 3.16. The molecule has 1 aliphatic heterocycles. The van der Waals surface area contributed by atoms with E-state index in [2.05, 4.69) is 4.99 Å². The van der Waals surface area contributed by atoms with E-state index in [1.807, 2.05) is 12.2 Å². The van der Waals surface area contributed by atoms with Crippen LogP contribution in [0.15, 0.2) is 47.5 Å². The summed E-state index contributed by atoms with van der Waals surface area (Å²) in [6.07, 6.45) is 7.25. The van der Waals surface area contributed by atoms with Gasteiger partial charge in [0.1, 0.15) is 5.75 Å². The van der Waals surface area contributed by atoms with Crippen LogP contribution in [0.2, 0.25) is 5.02 Å². The minimum absolute atomic E-state index is 0.161. The summed E-state index contributed by atoms with van der Waals surface area (Å²) in [6.45, 7) is 0. The van der Waals surface area contributed by atoms with Crippen LogP contribution in [0.3, 0.4) is 0 Å². The van der Waals surface area contributed by atoms with Gasteiger partial charge in [-0.05, 0) is 36.5 Å². The lowest BCUT2D eigenvalue weighted by molar-refractivity contribution is -0.118. The number of hydrogen-bond acceptors (Lipinski definition) is 3. The van der Waals surface area contributed by atoms with Crippen molar-refractivity contribution >= 4 is 46.2 Å². The number of benzene rings is 1. The predicted molar refractivity (Wildman–Crippen MR) is 87.3 cm³/mol. The third kappa shape index (κ3) is 2.39. The zero-order chi connectivity index (χ0) is 15.0. The lowest BCUT2D eigenvalue weighted by Crippen LogP contribution is -2.46. The monoisotopic (exact) mass is 318 g/mol. The van der Waals surface area contributed by atoms with Crippen molar-refractivity contribution in [2.45, 2.75) is 0 Å². The summed E-state index contributed by atoms with van der Waals surface area (Å²) in [5.41, 5.74) is 1.16. The first-order valence-corrected chi connectivity index (χ1v) is 7.05. The van der Waals surface area contributed by atoms with E-state index in [0.29, 0.717) is 22.2 Å². The van der Waals surface area contributed by atoms with Crippen molar-refractivity contribution in [3.8, 4) is 5.75 Å². The Labute approximate surface area is 132 Å². The van der Waals surface area contributed by atoms with Crippen LogP contribution in [-0.4, -0.2) is 23.8 Å². The Kier molecular flexibility index (Phi) is 3.61. The number of carbonyl (C=O) groups excluding carboxylic acids is 1. The average molecular weight is 319 g/mol. The van der Waals surface area contributed by atoms with Crippen LogP contribution in [-0.2, 0) is 4.79 Å². The minimum atomic E-state index is -0.426. The van der Waals surface area contributed by atoms with Crippen LogP contribution >= 0.6 is 23.8 Å². The van der Waals surface area contributed by atoms with Gasteiger partial charge in [-0.3, -0.25) is 9.69 Å². The average Bonchev–Trinajstić information content (AvgIpc) is 2.47. The molecule has 1 heterocycles. The van der Waals surface area contributed by atoms with Gasteiger partial charge in [-0.1, -0.05) is 29.8 Å². The minimum Gasteiger partial charge on any atom is -0.495 e. The maximum absolute atomic E-state index is 12.7. The molecule has 1 aromatic carbocycles. The molecule has 21 heavy (non-hydrogen) atoms. The van der Waals surface area contributed by atoms with E-state index in [-0.39, 0.29) is 11.0 Å². The largest absolute Gasteiger partial charge is 0.495 e. The van der Waals surface area contributed by atoms with Crippen LogP contribution in [0.25, 0.3) is 0 Å². The fraction of sp³-hybridized carbons (Fsp3) is 0.133. The third-order valence-corrected chi connectivity index (χ3v) is 3.79. The maximum Gasteiger partial charge on any atom is 0.246 e. The van der Waals surface area contributed by atoms with Crippen LogP contribution in [0, 0.1) is 5.92 Å². The fourth-order valence-corrected chi connectivity index (χ4v) is 2.76. The molecule has 2 aliphatic rings. The fourth-order valence-electron chi connectivity index (χ4n) is 2.30. The second kappa shape index (κ2) is 5.42. The molecule has 0 fully saturated rings. The van der Waals surface area contributed by atoms with Gasteiger partial charge in [-0.15, -0.1) is 0 Å². The van der Waals surface area contributed by atoms with Gasteiger partial charge in [-0.2, -0.15) is 0 Å². The van der Waals surface area contributed by atoms with E-state index in [1.54, 1.807) is 30.4 Å². The first-order chi connectivity index (χ1) is 10.1. The smallest absolute Gasteiger partial charge is 0.246 e. The SMILES string of the molecule is COc1ccc(Cl)cc1N1C(=O)C2C=CC=CC2=NC1=S. The zero-order valence-electron chi connectivity index (χ0n) is 11.1. The highest BCUT2D eigenvalue weighted by atomic mass is 35.5. The molecular formula is C15H11ClN2O2S. The Balaban J connectivity index is 2.11. The number of fused-ring (bicyclic) bond motifs is 1. The van der Waals surface area contributed by atoms with Gasteiger partial charge < -0.3 is 4.74 Å². The standard InChI is InChI=1S/C15H11ClN2O2S/c1-20-13-7-6-9(16)8-12(13)18-14(19)10-4-2-3-5-11(10)17-15(18)21/h2-8,10H,1H3. The Morgan fingerprint density at radius 3 is 2.95 bits per heavy atom. The van der Waals surface area contributed by atoms with Crippen molar-refractivity contribution in [3.63, 3.8) is 0 Å². The number of carbonyl (C=O) groups is 1. The molecule has 0 N–H and O–H groups in total. The number of nitrogens with zero attached hydrogens (tertiary/aromatic N) is 2. The van der Waals surface area contributed by atoms with Gasteiger partial charge in [0.05, 0.1) is 24.4 Å². The highest BCUT2D eigenvalue weighted by Crippen LogP contribution is 2.34. The maximum atomic E-state index is 12.7. The number of anilines is 1. The number of thiocarbonyl (C=S) groups is 1. The third-order valence-electron chi connectivity index (χ3n) is 3.28. The van der Waals surface area contributed by atoms with Crippen molar-refractivity contribution in [2.75, 3.05) is 12.0 Å². The molecule has 1 aliphatic carbocycles. The van der Waals surface area contributed by atoms with E-state index < -0.39 is 5.92 Å². The van der Waals surface area contributed by atoms with Crippen molar-refractivity contribution in [2.24, 2.45) is 10.9 Å². The van der Waals surface area contributed by atoms with Gasteiger partial charge in [-0.25, -0.2) is 4.99 Å². The van der Waals surface area contributed by atoms with Crippen molar-refractivity contribution in [1.29, 1.82) is 0 Å². The molecule has 4 nitrogen and oxygen atoms in total. The first kappa shape index (κ1) is 14.0. The van der Waals surface area contributed by atoms with Crippen LogP contribution in [0.5, 0.6) is 5.75 Å². The first-order valence-electron chi connectivity index (χ1n) is 6.27. The number of halogens is 1. The summed E-state index contributed by atoms with van der Waals surface area (Å²) < 4.78 is 5.29. The number of aliphatic imine (C=N–C) groups is 1. The lowest BCUT2D eigenvalue weighted by Gasteiger charge is -2.31. The van der Waals surface area contributed by atoms with Gasteiger partial charge in [0, 0.05) is 5.02 Å². The molecule has 0 aromatic heterocycles. The van der Waals surface area contributed by atoms with Gasteiger partial charge in [0.15, 0.2) is 0 Å². The van der Waals surface area contributed by atoms with Crippen molar-refractivity contribution in [3.05, 3.63) is 47.5 Å². The summed E-state index contributed by atoms with van der Waals surface area (Å²) in [5, 5.41) is 0.682. The van der Waals surface area contributed by atoms with Crippen LogP contribution < -0.4 is 9.64 Å². The molecule has 1 unspecified atom stereocenters. The number of allylic oxidation sites excluding steroid dienone is 3. The molecule has 0 radical (unpaired) electrons. The molecule has 0 bridgehead atoms. The molecule has 1 amide bonds. The lowest BCUT2D eigenvalue weighted by atomic mass is 9.95. The second-order valence-corrected chi connectivity index (χ2v) is 5.33. The molecule has 0 saturated heterocycles. The van der Waals surface area contributed by atoms with E-state index in [0.717, 1.165) is 0 Å². The summed E-state index contributed by atoms with van der Waals surface area (Å²) in [5.74, 6) is -0.0689. The molecule has 0 saturated carbocycles. The summed E-state index contributed by atoms with van der Waals surface area (Å²) in [6, 6.07) is 5.04. The van der Waals surface area contributed by atoms with Gasteiger partial charge in [0.25, 0.3) is 0 Å². The Hall–Kier alpha value is -1.98. The molecule has 1 atom stereocenters. The number of rotatable bonds is 2. The number of ether oxygens (including phenoxy) is 1. The van der Waals surface area contributed by atoms with E-state index in [1.165, 1.54) is 12.0 Å². The Morgan fingerprint density at radius 1 is 1.38 bits per heavy atom. The quantitative estimate of drug-likeness (QED) is 0.787. The summed E-state index contributed by atoms with van der Waals surface area (Å²) in [4.78, 5) is 18.4. The number of amides is 1. The van der Waals surface area contributed by atoms with Crippen LogP contribution in [0.1, 0.15) is 0 Å². The van der Waals surface area contributed by atoms with E-state index >= 15 is 0 Å². The second-order valence-electron chi connectivity index (χ2n) is 4.53. The van der Waals surface area contributed by atoms with Crippen LogP contribution in [0.4, 0.5) is 5.69 Å². The van der Waals surface area contributed by atoms with Gasteiger partial charge >= 0.3 is 0 Å². The molecule has 0 spiro atoms. The Bertz CT molecular complexity index is 724. The molecule has 6 heteroatoms. The topological polar surface area (TPSA) is 41.9 Å². The summed E-state index contributed by atoms with van der Waals surface area (Å²) in [7, 11) is 1.53. The highest BCUT2D eigenvalue weighted by molar-refractivity contribution is 7.80. The molecule has 1 aromatic rings. The van der Waals surface area contributed by atoms with Gasteiger partial charge in [0.2, 0.25) is 11.0 Å². The highest BCUT2D eigenvalue weighted by Gasteiger charge is 2.35. The number of hydrogen-bond donors (Lipinski definition) is 0. The number of methoxy groups -OCH3 is 1. The van der Waals surface area contributed by atoms with Crippen molar-refractivity contribution < 1.29 is 9.53 Å². The summed E-state index contributed by atoms with van der Waals surface area (Å²) >= 11 is 11.3. The van der Waals surface area contributed by atoms with E-state index in [9.17, 15) is 4.79 Å². The Morgan fingerprint density at radius 2 is 2.19 bits per heavy atom. The molecule has 3 rings (SSSR count). The normalized spacial score (nSPS) is 20.4. The molecule has 106 valence electrons. The molecular weight excluding hydrogens is 308 g/mol. The van der Waals surface area contributed by atoms with E-state index in [4.69, 9.17) is 28.6 Å². The zero-order valence-corrected chi connectivity index (χ0v) is 12.7.